The van der Waals surface area contributed by atoms with Crippen molar-refractivity contribution in [3.05, 3.63) is 59.7 Å². The minimum atomic E-state index is 0.334. The molecule has 0 saturated carbocycles. The summed E-state index contributed by atoms with van der Waals surface area (Å²) in [6.07, 6.45) is 1.04. The Morgan fingerprint density at radius 3 is 2.47 bits per heavy atom. The zero-order valence-corrected chi connectivity index (χ0v) is 20.9. The molecular weight excluding hydrogens is 446 g/mol. The number of hydrogen-bond acceptors (Lipinski definition) is 8. The number of nitriles is 1. The van der Waals surface area contributed by atoms with Crippen LogP contribution in [-0.2, 0) is 0 Å². The number of benzene rings is 2. The fraction of sp³-hybridized carbons (Fsp3) is 0.308. The van der Waals surface area contributed by atoms with Crippen LogP contribution in [0.4, 0.5) is 5.82 Å². The molecular formula is C26H29N5O2S. The Balaban J connectivity index is 2.00. The first-order valence-electron chi connectivity index (χ1n) is 11.0. The molecule has 0 aliphatic carbocycles. The Kier molecular flexibility index (Phi) is 8.88. The molecule has 3 aromatic rings. The predicted molar refractivity (Wildman–Crippen MR) is 138 cm³/mol. The summed E-state index contributed by atoms with van der Waals surface area (Å²) in [6.45, 7) is 6.26. The Labute approximate surface area is 205 Å². The van der Waals surface area contributed by atoms with Crippen molar-refractivity contribution < 1.29 is 9.47 Å². The van der Waals surface area contributed by atoms with E-state index in [4.69, 9.17) is 14.5 Å². The Morgan fingerprint density at radius 1 is 1.09 bits per heavy atom. The molecule has 0 bridgehead atoms. The van der Waals surface area contributed by atoms with E-state index in [1.807, 2.05) is 55.5 Å². The maximum absolute atomic E-state index is 9.99. The number of rotatable bonds is 10. The minimum absolute atomic E-state index is 0.334. The van der Waals surface area contributed by atoms with Crippen LogP contribution in [0.1, 0.15) is 38.3 Å². The summed E-state index contributed by atoms with van der Waals surface area (Å²) < 4.78 is 10.6. The van der Waals surface area contributed by atoms with Crippen molar-refractivity contribution in [1.82, 2.24) is 9.97 Å². The van der Waals surface area contributed by atoms with E-state index in [9.17, 15) is 5.26 Å². The Bertz CT molecular complexity index is 1190. The third kappa shape index (κ3) is 6.49. The molecule has 1 N–H and O–H groups in total. The van der Waals surface area contributed by atoms with Gasteiger partial charge in [-0.3, -0.25) is 5.43 Å². The van der Waals surface area contributed by atoms with E-state index in [0.29, 0.717) is 28.1 Å². The van der Waals surface area contributed by atoms with Crippen molar-refractivity contribution in [2.75, 3.05) is 25.4 Å². The highest BCUT2D eigenvalue weighted by Gasteiger charge is 2.17. The van der Waals surface area contributed by atoms with Crippen LogP contribution >= 0.6 is 11.8 Å². The number of anilines is 1. The van der Waals surface area contributed by atoms with E-state index in [2.05, 4.69) is 35.4 Å². The number of ether oxygens (including phenoxy) is 2. The van der Waals surface area contributed by atoms with Crippen LogP contribution in [0.25, 0.3) is 11.3 Å². The molecule has 34 heavy (non-hydrogen) atoms. The van der Waals surface area contributed by atoms with Gasteiger partial charge in [-0.25, -0.2) is 9.97 Å². The normalized spacial score (nSPS) is 11.3. The molecule has 176 valence electrons. The van der Waals surface area contributed by atoms with Gasteiger partial charge in [0.15, 0.2) is 11.0 Å². The SMILES string of the molecule is COc1ccc(-c2nc(SCCC(C)C)nc(N/N=C(/C)c3cccc(OC)c3)c2C#N)cc1. The van der Waals surface area contributed by atoms with Crippen molar-refractivity contribution in [3.63, 3.8) is 0 Å². The van der Waals surface area contributed by atoms with Gasteiger partial charge in [-0.2, -0.15) is 10.4 Å². The summed E-state index contributed by atoms with van der Waals surface area (Å²) in [7, 11) is 3.25. The molecule has 0 aliphatic heterocycles. The highest BCUT2D eigenvalue weighted by molar-refractivity contribution is 7.99. The number of hydrogen-bond donors (Lipinski definition) is 1. The van der Waals surface area contributed by atoms with E-state index in [1.165, 1.54) is 0 Å². The average molecular weight is 476 g/mol. The second-order valence-electron chi connectivity index (χ2n) is 7.99. The number of nitrogens with zero attached hydrogens (tertiary/aromatic N) is 4. The van der Waals surface area contributed by atoms with Crippen molar-refractivity contribution in [3.8, 4) is 28.8 Å². The van der Waals surface area contributed by atoms with Crippen LogP contribution in [0.15, 0.2) is 58.8 Å². The van der Waals surface area contributed by atoms with Gasteiger partial charge in [-0.15, -0.1) is 0 Å². The lowest BCUT2D eigenvalue weighted by atomic mass is 10.1. The first-order valence-corrected chi connectivity index (χ1v) is 12.0. The standard InChI is InChI=1S/C26H29N5O2S/c1-17(2)13-14-34-26-28-24(19-9-11-21(32-4)12-10-19)23(16-27)25(29-26)31-30-18(3)20-7-6-8-22(15-20)33-5/h6-12,15,17H,13-14H2,1-5H3,(H,28,29,31)/b30-18-. The predicted octanol–water partition coefficient (Wildman–Crippen LogP) is 6.01. The molecule has 0 amide bonds. The maximum atomic E-state index is 9.99. The van der Waals surface area contributed by atoms with Gasteiger partial charge in [0.05, 0.1) is 25.6 Å². The van der Waals surface area contributed by atoms with E-state index in [-0.39, 0.29) is 0 Å². The zero-order chi connectivity index (χ0) is 24.5. The highest BCUT2D eigenvalue weighted by Crippen LogP contribution is 2.30. The monoisotopic (exact) mass is 475 g/mol. The summed E-state index contributed by atoms with van der Waals surface area (Å²) in [4.78, 5) is 9.34. The van der Waals surface area contributed by atoms with Crippen molar-refractivity contribution in [1.29, 1.82) is 5.26 Å². The number of methoxy groups -OCH3 is 2. The molecule has 0 saturated heterocycles. The molecule has 8 heteroatoms. The molecule has 0 unspecified atom stereocenters. The van der Waals surface area contributed by atoms with Gasteiger partial charge in [0.1, 0.15) is 23.1 Å². The third-order valence-corrected chi connectivity index (χ3v) is 5.99. The van der Waals surface area contributed by atoms with Crippen LogP contribution in [0.2, 0.25) is 0 Å². The lowest BCUT2D eigenvalue weighted by Gasteiger charge is -2.12. The minimum Gasteiger partial charge on any atom is -0.497 e. The molecule has 2 aromatic carbocycles. The molecule has 3 rings (SSSR count). The first kappa shape index (κ1) is 25.1. The molecule has 0 radical (unpaired) electrons. The topological polar surface area (TPSA) is 92.4 Å². The number of aromatic nitrogens is 2. The highest BCUT2D eigenvalue weighted by atomic mass is 32.2. The summed E-state index contributed by atoms with van der Waals surface area (Å²) >= 11 is 1.57. The zero-order valence-electron chi connectivity index (χ0n) is 20.1. The fourth-order valence-electron chi connectivity index (χ4n) is 3.08. The van der Waals surface area contributed by atoms with Gasteiger partial charge in [-0.05, 0) is 55.7 Å². The summed E-state index contributed by atoms with van der Waals surface area (Å²) in [5, 5.41) is 15.1. The lowest BCUT2D eigenvalue weighted by Crippen LogP contribution is -2.06. The summed E-state index contributed by atoms with van der Waals surface area (Å²) in [6, 6.07) is 17.4. The van der Waals surface area contributed by atoms with Crippen LogP contribution < -0.4 is 14.9 Å². The van der Waals surface area contributed by atoms with Crippen LogP contribution in [0, 0.1) is 17.2 Å². The van der Waals surface area contributed by atoms with Crippen LogP contribution in [0.5, 0.6) is 11.5 Å². The lowest BCUT2D eigenvalue weighted by molar-refractivity contribution is 0.414. The smallest absolute Gasteiger partial charge is 0.190 e. The molecule has 7 nitrogen and oxygen atoms in total. The summed E-state index contributed by atoms with van der Waals surface area (Å²) in [5.74, 6) is 3.33. The van der Waals surface area contributed by atoms with Gasteiger partial charge in [0.25, 0.3) is 0 Å². The van der Waals surface area contributed by atoms with E-state index in [0.717, 1.165) is 40.5 Å². The van der Waals surface area contributed by atoms with E-state index in [1.54, 1.807) is 26.0 Å². The van der Waals surface area contributed by atoms with Crippen LogP contribution in [-0.4, -0.2) is 35.7 Å². The molecule has 1 aromatic heterocycles. The number of nitrogens with one attached hydrogen (secondary N) is 1. The van der Waals surface area contributed by atoms with Gasteiger partial charge >= 0.3 is 0 Å². The van der Waals surface area contributed by atoms with Crippen LogP contribution in [0.3, 0.4) is 0 Å². The van der Waals surface area contributed by atoms with Crippen molar-refractivity contribution in [2.24, 2.45) is 11.0 Å². The van der Waals surface area contributed by atoms with Crippen molar-refractivity contribution >= 4 is 23.3 Å². The largest absolute Gasteiger partial charge is 0.497 e. The second-order valence-corrected chi connectivity index (χ2v) is 9.05. The van der Waals surface area contributed by atoms with Gasteiger partial charge in [0, 0.05) is 16.9 Å². The number of thioether (sulfide) groups is 1. The number of hydrazone groups is 1. The van der Waals surface area contributed by atoms with E-state index < -0.39 is 0 Å². The molecule has 0 fully saturated rings. The van der Waals surface area contributed by atoms with Gasteiger partial charge in [-0.1, -0.05) is 37.7 Å². The summed E-state index contributed by atoms with van der Waals surface area (Å²) in [5.41, 5.74) is 6.35. The van der Waals surface area contributed by atoms with Gasteiger partial charge < -0.3 is 9.47 Å². The van der Waals surface area contributed by atoms with E-state index >= 15 is 0 Å². The maximum Gasteiger partial charge on any atom is 0.190 e. The molecule has 1 heterocycles. The van der Waals surface area contributed by atoms with Gasteiger partial charge in [0.2, 0.25) is 0 Å². The Morgan fingerprint density at radius 2 is 1.82 bits per heavy atom. The first-order chi connectivity index (χ1) is 16.4. The molecule has 0 spiro atoms. The third-order valence-electron chi connectivity index (χ3n) is 5.11. The molecule has 0 aliphatic rings. The van der Waals surface area contributed by atoms with Crippen molar-refractivity contribution in [2.45, 2.75) is 32.3 Å². The Hall–Kier alpha value is -3.57. The second kappa shape index (κ2) is 12.1. The average Bonchev–Trinajstić information content (AvgIpc) is 2.86. The fourth-order valence-corrected chi connectivity index (χ4v) is 4.17. The molecule has 0 atom stereocenters. The quantitative estimate of drug-likeness (QED) is 0.166.